The van der Waals surface area contributed by atoms with Crippen molar-refractivity contribution in [1.29, 1.82) is 0 Å². The number of aromatic amines is 1. The molecule has 2 N–H and O–H groups in total. The van der Waals surface area contributed by atoms with Gasteiger partial charge in [0.15, 0.2) is 0 Å². The van der Waals surface area contributed by atoms with Crippen LogP contribution in [0.25, 0.3) is 11.1 Å². The van der Waals surface area contributed by atoms with E-state index in [0.29, 0.717) is 16.7 Å². The highest BCUT2D eigenvalue weighted by atomic mass is 32.1. The Kier molecular flexibility index (Phi) is 14.6. The van der Waals surface area contributed by atoms with Gasteiger partial charge in [0.05, 0.1) is 18.2 Å². The van der Waals surface area contributed by atoms with Gasteiger partial charge < -0.3 is 24.8 Å². The Morgan fingerprint density at radius 3 is 1.64 bits per heavy atom. The van der Waals surface area contributed by atoms with Crippen LogP contribution in [-0.2, 0) is 11.3 Å². The van der Waals surface area contributed by atoms with Gasteiger partial charge in [0.25, 0.3) is 11.5 Å². The Bertz CT molecular complexity index is 2360. The number of piperidine rings is 2. The molecule has 2 saturated heterocycles. The number of carbonyl (C=O) groups excluding carboxylic acids is 2. The molecule has 2 aliphatic rings. The zero-order chi connectivity index (χ0) is 42.1. The lowest BCUT2D eigenvalue weighted by molar-refractivity contribution is 0.0600. The molecule has 7 rings (SSSR count). The van der Waals surface area contributed by atoms with Crippen molar-refractivity contribution in [2.45, 2.75) is 86.6 Å². The summed E-state index contributed by atoms with van der Waals surface area (Å²) in [5.74, 6) is 1.20. The third kappa shape index (κ3) is 10.0. The SMILES string of the molecule is CCC(=C1CCN(c2ncccn2)CC1)c1scc(C(=O)NCc2c(C)cc(C)[nH]c2=O)c1C.CCC(=C1CCN(c2ncccn2)CC1)c1scc(C(=O)OC)c1C. The van der Waals surface area contributed by atoms with Crippen molar-refractivity contribution >= 4 is 57.6 Å². The standard InChI is InChI=1S/C26H31N5O2S.C19H23N3O2S/c1-5-20(19-7-11-31(12-8-19)26-27-9-6-10-28-26)23-18(4)22(15-34-23)24(32)29-14-21-16(2)13-17(3)30-25(21)33;1-4-15(17-13(2)16(12-25-17)18(23)24-3)14-6-10-22(11-7-14)19-20-8-5-9-21-19/h6,9-10,13,15H,5,7-8,11-12,14H2,1-4H3,(H,29,32)(H,30,33);5,8-9,12H,4,6-7,10-11H2,1-3H3. The van der Waals surface area contributed by atoms with Gasteiger partial charge in [-0.3, -0.25) is 9.59 Å². The maximum atomic E-state index is 13.0. The monoisotopic (exact) mass is 834 g/mol. The smallest absolute Gasteiger partial charge is 0.338 e. The molecule has 14 heteroatoms. The van der Waals surface area contributed by atoms with Gasteiger partial charge in [0.2, 0.25) is 11.9 Å². The molecule has 2 fully saturated rings. The number of aromatic nitrogens is 5. The van der Waals surface area contributed by atoms with Crippen molar-refractivity contribution < 1.29 is 14.3 Å². The number of anilines is 2. The molecule has 0 radical (unpaired) electrons. The van der Waals surface area contributed by atoms with Crippen LogP contribution in [0.4, 0.5) is 11.9 Å². The Morgan fingerprint density at radius 2 is 1.20 bits per heavy atom. The van der Waals surface area contributed by atoms with E-state index in [1.807, 2.05) is 56.7 Å². The van der Waals surface area contributed by atoms with E-state index in [0.717, 1.165) is 99.0 Å². The number of hydrogen-bond acceptors (Lipinski definition) is 12. The topological polar surface area (TPSA) is 146 Å². The van der Waals surface area contributed by atoms with Gasteiger partial charge in [-0.15, -0.1) is 22.7 Å². The number of aryl methyl sites for hydroxylation is 2. The van der Waals surface area contributed by atoms with Crippen molar-refractivity contribution in [2.75, 3.05) is 43.1 Å². The molecule has 0 aliphatic carbocycles. The first-order chi connectivity index (χ1) is 28.5. The quantitative estimate of drug-likeness (QED) is 0.131. The van der Waals surface area contributed by atoms with Gasteiger partial charge in [-0.2, -0.15) is 0 Å². The van der Waals surface area contributed by atoms with Crippen LogP contribution in [0.15, 0.2) is 69.7 Å². The van der Waals surface area contributed by atoms with E-state index in [9.17, 15) is 14.4 Å². The van der Waals surface area contributed by atoms with Gasteiger partial charge in [-0.1, -0.05) is 25.0 Å². The molecule has 0 bridgehead atoms. The summed E-state index contributed by atoms with van der Waals surface area (Å²) < 4.78 is 4.88. The fourth-order valence-electron chi connectivity index (χ4n) is 7.94. The lowest BCUT2D eigenvalue weighted by Gasteiger charge is -2.29. The van der Waals surface area contributed by atoms with Crippen molar-refractivity contribution in [3.8, 4) is 0 Å². The molecule has 7 heterocycles. The number of rotatable bonds is 10. The molecule has 0 saturated carbocycles. The minimum absolute atomic E-state index is 0.143. The summed E-state index contributed by atoms with van der Waals surface area (Å²) in [5, 5.41) is 6.80. The number of carbonyl (C=O) groups is 2. The maximum absolute atomic E-state index is 13.0. The molecule has 1 amide bonds. The molecule has 0 spiro atoms. The molecule has 59 heavy (non-hydrogen) atoms. The van der Waals surface area contributed by atoms with E-state index in [4.69, 9.17) is 4.74 Å². The number of ether oxygens (including phenoxy) is 1. The van der Waals surface area contributed by atoms with Gasteiger partial charge >= 0.3 is 5.97 Å². The Hall–Kier alpha value is -5.47. The first kappa shape index (κ1) is 43.1. The molecule has 12 nitrogen and oxygen atoms in total. The van der Waals surface area contributed by atoms with Crippen molar-refractivity contribution in [3.63, 3.8) is 0 Å². The number of thiophene rings is 2. The summed E-state index contributed by atoms with van der Waals surface area (Å²) in [4.78, 5) is 64.3. The first-order valence-corrected chi connectivity index (χ1v) is 22.0. The first-order valence-electron chi connectivity index (χ1n) is 20.2. The second kappa shape index (κ2) is 20.0. The van der Waals surface area contributed by atoms with E-state index in [-0.39, 0.29) is 24.0 Å². The zero-order valence-electron chi connectivity index (χ0n) is 35.1. The number of nitrogens with one attached hydrogen (secondary N) is 2. The highest BCUT2D eigenvalue weighted by molar-refractivity contribution is 7.12. The molecule has 5 aromatic rings. The minimum atomic E-state index is -0.253. The fraction of sp³-hybridized carbons (Fsp3) is 0.400. The average molecular weight is 835 g/mol. The second-order valence-electron chi connectivity index (χ2n) is 14.8. The number of hydrogen-bond donors (Lipinski definition) is 2. The molecular formula is C45H54N8O4S2. The third-order valence-corrected chi connectivity index (χ3v) is 13.4. The lowest BCUT2D eigenvalue weighted by atomic mass is 9.93. The normalized spacial score (nSPS) is 14.1. The highest BCUT2D eigenvalue weighted by Gasteiger charge is 2.24. The summed E-state index contributed by atoms with van der Waals surface area (Å²) in [6.07, 6.45) is 13.0. The van der Waals surface area contributed by atoms with E-state index in [2.05, 4.69) is 53.9 Å². The molecule has 0 unspecified atom stereocenters. The number of H-pyrrole nitrogens is 1. The van der Waals surface area contributed by atoms with Crippen LogP contribution in [0, 0.1) is 27.7 Å². The van der Waals surface area contributed by atoms with Crippen LogP contribution < -0.4 is 20.7 Å². The summed E-state index contributed by atoms with van der Waals surface area (Å²) in [7, 11) is 1.43. The molecular weight excluding hydrogens is 781 g/mol. The second-order valence-corrected chi connectivity index (χ2v) is 16.5. The number of nitrogens with zero attached hydrogens (tertiary/aromatic N) is 6. The van der Waals surface area contributed by atoms with Crippen molar-refractivity contribution in [1.82, 2.24) is 30.2 Å². The van der Waals surface area contributed by atoms with Crippen LogP contribution in [0.1, 0.15) is 111 Å². The Labute approximate surface area is 354 Å². The summed E-state index contributed by atoms with van der Waals surface area (Å²) in [6.45, 7) is 16.0. The van der Waals surface area contributed by atoms with Gasteiger partial charge in [0.1, 0.15) is 0 Å². The number of methoxy groups -OCH3 is 1. The molecule has 5 aromatic heterocycles. The van der Waals surface area contributed by atoms with E-state index < -0.39 is 0 Å². The predicted octanol–water partition coefficient (Wildman–Crippen LogP) is 8.64. The molecule has 310 valence electrons. The van der Waals surface area contributed by atoms with Crippen LogP contribution in [0.3, 0.4) is 0 Å². The minimum Gasteiger partial charge on any atom is -0.465 e. The number of amides is 1. The maximum Gasteiger partial charge on any atom is 0.338 e. The van der Waals surface area contributed by atoms with Crippen molar-refractivity contribution in [3.05, 3.63) is 124 Å². The largest absolute Gasteiger partial charge is 0.465 e. The fourth-order valence-corrected chi connectivity index (χ4v) is 10.4. The van der Waals surface area contributed by atoms with Crippen LogP contribution in [0.2, 0.25) is 0 Å². The van der Waals surface area contributed by atoms with Gasteiger partial charge in [0, 0.05) is 89.3 Å². The molecule has 0 aromatic carbocycles. The third-order valence-electron chi connectivity index (χ3n) is 11.2. The van der Waals surface area contributed by atoms with Crippen LogP contribution >= 0.6 is 22.7 Å². The highest BCUT2D eigenvalue weighted by Crippen LogP contribution is 2.38. The number of esters is 1. The average Bonchev–Trinajstić information content (AvgIpc) is 3.83. The summed E-state index contributed by atoms with van der Waals surface area (Å²) >= 11 is 3.28. The van der Waals surface area contributed by atoms with Crippen molar-refractivity contribution in [2.24, 2.45) is 0 Å². The summed E-state index contributed by atoms with van der Waals surface area (Å²) in [5.41, 5.74) is 11.2. The number of pyridine rings is 1. The van der Waals surface area contributed by atoms with Gasteiger partial charge in [-0.05, 0) is 112 Å². The Morgan fingerprint density at radius 1 is 0.746 bits per heavy atom. The van der Waals surface area contributed by atoms with E-state index in [1.165, 1.54) is 39.2 Å². The van der Waals surface area contributed by atoms with E-state index >= 15 is 0 Å². The molecule has 0 atom stereocenters. The summed E-state index contributed by atoms with van der Waals surface area (Å²) in [6, 6.07) is 5.60. The zero-order valence-corrected chi connectivity index (χ0v) is 36.7. The predicted molar refractivity (Wildman–Crippen MR) is 239 cm³/mol. The lowest BCUT2D eigenvalue weighted by Crippen LogP contribution is -2.32. The Balaban J connectivity index is 0.000000208. The van der Waals surface area contributed by atoms with Crippen LogP contribution in [0.5, 0.6) is 0 Å². The molecule has 2 aliphatic heterocycles. The van der Waals surface area contributed by atoms with Gasteiger partial charge in [-0.25, -0.2) is 24.7 Å². The van der Waals surface area contributed by atoms with Crippen LogP contribution in [-0.4, -0.2) is 70.1 Å². The number of allylic oxidation sites excluding steroid dienone is 2. The van der Waals surface area contributed by atoms with E-state index in [1.54, 1.807) is 47.5 Å².